The Hall–Kier alpha value is -0.340. The first-order chi connectivity index (χ1) is 9.46. The number of sulfonamides is 1. The van der Waals surface area contributed by atoms with Crippen molar-refractivity contribution in [2.45, 2.75) is 11.3 Å². The molecule has 0 spiro atoms. The summed E-state index contributed by atoms with van der Waals surface area (Å²) in [5.41, 5.74) is 0. The van der Waals surface area contributed by atoms with E-state index in [1.54, 1.807) is 6.07 Å². The van der Waals surface area contributed by atoms with Crippen molar-refractivity contribution >= 4 is 37.6 Å². The molecule has 0 unspecified atom stereocenters. The standard InChI is InChI=1S/C12H16BrClN2O3S/c1-19-12-10(13)7-9(14)8-11(12)20(17,18)16-5-2-3-15-4-6-16/h7-8,15H,2-6H2,1H3. The topological polar surface area (TPSA) is 58.6 Å². The zero-order valence-electron chi connectivity index (χ0n) is 11.0. The van der Waals surface area contributed by atoms with E-state index in [2.05, 4.69) is 21.2 Å². The molecule has 0 bridgehead atoms. The summed E-state index contributed by atoms with van der Waals surface area (Å²) >= 11 is 9.26. The fourth-order valence-corrected chi connectivity index (χ4v) is 4.98. The van der Waals surface area contributed by atoms with Crippen molar-refractivity contribution in [2.75, 3.05) is 33.3 Å². The van der Waals surface area contributed by atoms with Gasteiger partial charge in [-0.1, -0.05) is 11.6 Å². The summed E-state index contributed by atoms with van der Waals surface area (Å²) in [6.07, 6.45) is 0.781. The molecule has 1 heterocycles. The lowest BCUT2D eigenvalue weighted by Gasteiger charge is -2.21. The van der Waals surface area contributed by atoms with E-state index in [1.165, 1.54) is 17.5 Å². The molecule has 0 aliphatic carbocycles. The van der Waals surface area contributed by atoms with Crippen molar-refractivity contribution in [1.29, 1.82) is 0 Å². The molecule has 2 rings (SSSR count). The average Bonchev–Trinajstić information content (AvgIpc) is 2.67. The lowest BCUT2D eigenvalue weighted by molar-refractivity contribution is 0.391. The lowest BCUT2D eigenvalue weighted by Crippen LogP contribution is -2.34. The highest BCUT2D eigenvalue weighted by molar-refractivity contribution is 9.10. The third-order valence-corrected chi connectivity index (χ3v) is 5.81. The van der Waals surface area contributed by atoms with Gasteiger partial charge in [-0.15, -0.1) is 0 Å². The molecule has 1 aliphatic rings. The largest absolute Gasteiger partial charge is 0.494 e. The second kappa shape index (κ2) is 6.62. The minimum atomic E-state index is -3.62. The smallest absolute Gasteiger partial charge is 0.246 e. The maximum Gasteiger partial charge on any atom is 0.246 e. The molecule has 0 atom stereocenters. The van der Waals surface area contributed by atoms with Gasteiger partial charge in [-0.25, -0.2) is 8.42 Å². The number of benzene rings is 1. The van der Waals surface area contributed by atoms with Gasteiger partial charge in [-0.3, -0.25) is 0 Å². The number of ether oxygens (including phenoxy) is 1. The predicted octanol–water partition coefficient (Wildman–Crippen LogP) is 2.10. The Balaban J connectivity index is 2.47. The molecule has 1 aromatic carbocycles. The zero-order valence-corrected chi connectivity index (χ0v) is 14.2. The average molecular weight is 384 g/mol. The summed E-state index contributed by atoms with van der Waals surface area (Å²) in [7, 11) is -2.18. The van der Waals surface area contributed by atoms with Crippen LogP contribution in [0.1, 0.15) is 6.42 Å². The Labute approximate surface area is 132 Å². The minimum absolute atomic E-state index is 0.0984. The third-order valence-electron chi connectivity index (χ3n) is 3.10. The Kier molecular flexibility index (Phi) is 5.30. The first-order valence-corrected chi connectivity index (χ1v) is 8.82. The number of hydrogen-bond donors (Lipinski definition) is 1. The molecule has 1 aromatic rings. The number of rotatable bonds is 3. The highest BCUT2D eigenvalue weighted by Crippen LogP contribution is 2.36. The molecule has 20 heavy (non-hydrogen) atoms. The summed E-state index contributed by atoms with van der Waals surface area (Å²) in [5.74, 6) is 0.284. The summed E-state index contributed by atoms with van der Waals surface area (Å²) in [4.78, 5) is 0.0984. The maximum absolute atomic E-state index is 12.8. The maximum atomic E-state index is 12.8. The summed E-state index contributed by atoms with van der Waals surface area (Å²) in [5, 5.41) is 3.53. The number of hydrogen-bond acceptors (Lipinski definition) is 4. The Morgan fingerprint density at radius 1 is 1.35 bits per heavy atom. The van der Waals surface area contributed by atoms with Crippen LogP contribution in [0.3, 0.4) is 0 Å². The normalized spacial score (nSPS) is 17.8. The van der Waals surface area contributed by atoms with Gasteiger partial charge in [0.2, 0.25) is 10.0 Å². The van der Waals surface area contributed by atoms with E-state index in [4.69, 9.17) is 16.3 Å². The molecular formula is C12H16BrClN2O3S. The molecule has 0 radical (unpaired) electrons. The fourth-order valence-electron chi connectivity index (χ4n) is 2.13. The molecular weight excluding hydrogens is 368 g/mol. The van der Waals surface area contributed by atoms with Crippen LogP contribution in [0.25, 0.3) is 0 Å². The van der Waals surface area contributed by atoms with E-state index in [1.807, 2.05) is 0 Å². The molecule has 0 aromatic heterocycles. The Bertz CT molecular complexity index is 587. The van der Waals surface area contributed by atoms with Crippen LogP contribution in [-0.4, -0.2) is 46.0 Å². The van der Waals surface area contributed by atoms with Crippen LogP contribution in [-0.2, 0) is 10.0 Å². The first kappa shape index (κ1) is 16.0. The van der Waals surface area contributed by atoms with Crippen molar-refractivity contribution in [3.05, 3.63) is 21.6 Å². The van der Waals surface area contributed by atoms with Crippen molar-refractivity contribution in [2.24, 2.45) is 0 Å². The van der Waals surface area contributed by atoms with E-state index in [-0.39, 0.29) is 10.6 Å². The molecule has 0 amide bonds. The van der Waals surface area contributed by atoms with Crippen LogP contribution < -0.4 is 10.1 Å². The molecule has 112 valence electrons. The molecule has 0 saturated carbocycles. The predicted molar refractivity (Wildman–Crippen MR) is 81.9 cm³/mol. The van der Waals surface area contributed by atoms with Crippen LogP contribution >= 0.6 is 27.5 Å². The van der Waals surface area contributed by atoms with Gasteiger partial charge in [0, 0.05) is 24.7 Å². The SMILES string of the molecule is COc1c(Br)cc(Cl)cc1S(=O)(=O)N1CCCNCC1. The number of nitrogens with one attached hydrogen (secondary N) is 1. The van der Waals surface area contributed by atoms with Gasteiger partial charge in [0.1, 0.15) is 4.90 Å². The van der Waals surface area contributed by atoms with Gasteiger partial charge >= 0.3 is 0 Å². The van der Waals surface area contributed by atoms with Gasteiger partial charge in [0.15, 0.2) is 5.75 Å². The molecule has 5 nitrogen and oxygen atoms in total. The minimum Gasteiger partial charge on any atom is -0.494 e. The molecule has 8 heteroatoms. The van der Waals surface area contributed by atoms with Crippen LogP contribution in [0.15, 0.2) is 21.5 Å². The van der Waals surface area contributed by atoms with E-state index < -0.39 is 10.0 Å². The second-order valence-corrected chi connectivity index (χ2v) is 7.62. The summed E-state index contributed by atoms with van der Waals surface area (Å²) in [6.45, 7) is 2.39. The van der Waals surface area contributed by atoms with E-state index >= 15 is 0 Å². The summed E-state index contributed by atoms with van der Waals surface area (Å²) < 4.78 is 32.7. The van der Waals surface area contributed by atoms with Gasteiger partial charge in [-0.2, -0.15) is 4.31 Å². The molecule has 1 saturated heterocycles. The van der Waals surface area contributed by atoms with Gasteiger partial charge in [0.25, 0.3) is 0 Å². The van der Waals surface area contributed by atoms with Crippen molar-refractivity contribution in [1.82, 2.24) is 9.62 Å². The fraction of sp³-hybridized carbons (Fsp3) is 0.500. The van der Waals surface area contributed by atoms with Gasteiger partial charge < -0.3 is 10.1 Å². The van der Waals surface area contributed by atoms with Crippen LogP contribution in [0.2, 0.25) is 5.02 Å². The molecule has 1 N–H and O–H groups in total. The van der Waals surface area contributed by atoms with Crippen molar-refractivity contribution in [3.8, 4) is 5.75 Å². The zero-order chi connectivity index (χ0) is 14.8. The Morgan fingerprint density at radius 3 is 2.80 bits per heavy atom. The van der Waals surface area contributed by atoms with Crippen LogP contribution in [0, 0.1) is 0 Å². The Morgan fingerprint density at radius 2 is 2.10 bits per heavy atom. The second-order valence-electron chi connectivity index (χ2n) is 4.43. The van der Waals surface area contributed by atoms with E-state index in [9.17, 15) is 8.42 Å². The molecule has 1 aliphatic heterocycles. The van der Waals surface area contributed by atoms with Gasteiger partial charge in [0.05, 0.1) is 11.6 Å². The number of methoxy groups -OCH3 is 1. The van der Waals surface area contributed by atoms with Crippen LogP contribution in [0.4, 0.5) is 0 Å². The highest BCUT2D eigenvalue weighted by atomic mass is 79.9. The molecule has 1 fully saturated rings. The van der Waals surface area contributed by atoms with E-state index in [0.29, 0.717) is 29.1 Å². The first-order valence-electron chi connectivity index (χ1n) is 6.20. The summed E-state index contributed by atoms with van der Waals surface area (Å²) in [6, 6.07) is 3.04. The van der Waals surface area contributed by atoms with E-state index in [0.717, 1.165) is 13.0 Å². The van der Waals surface area contributed by atoms with Crippen molar-refractivity contribution in [3.63, 3.8) is 0 Å². The third kappa shape index (κ3) is 3.28. The quantitative estimate of drug-likeness (QED) is 0.868. The highest BCUT2D eigenvalue weighted by Gasteiger charge is 2.29. The van der Waals surface area contributed by atoms with Gasteiger partial charge in [-0.05, 0) is 41.0 Å². The number of halogens is 2. The monoisotopic (exact) mass is 382 g/mol. The number of nitrogens with zero attached hydrogens (tertiary/aromatic N) is 1. The lowest BCUT2D eigenvalue weighted by atomic mass is 10.3. The van der Waals surface area contributed by atoms with Crippen molar-refractivity contribution < 1.29 is 13.2 Å². The van der Waals surface area contributed by atoms with Crippen LogP contribution in [0.5, 0.6) is 5.75 Å².